The largest absolute Gasteiger partial charge is 0.369 e. The maximum absolute atomic E-state index is 7.43. The van der Waals surface area contributed by atoms with Gasteiger partial charge in [0.1, 0.15) is 0 Å². The third-order valence-corrected chi connectivity index (χ3v) is 2.25. The standard InChI is InChI=1S/C8H10Cl2N6.ClH/c9-5-2-1-4(3-6(5)10)14-8(13)16-15-7(11)12;/h1-3H,(H4,11,12,15)(H3,13,14,16);1H. The van der Waals surface area contributed by atoms with E-state index in [4.69, 9.17) is 39.8 Å². The van der Waals surface area contributed by atoms with Gasteiger partial charge in [0.2, 0.25) is 11.9 Å². The number of hydrazine groups is 1. The summed E-state index contributed by atoms with van der Waals surface area (Å²) < 4.78 is 0. The van der Waals surface area contributed by atoms with E-state index in [1.165, 1.54) is 0 Å². The minimum atomic E-state index is -0.291. The fraction of sp³-hybridized carbons (Fsp3) is 0. The molecule has 1 aromatic rings. The third-order valence-electron chi connectivity index (χ3n) is 1.51. The van der Waals surface area contributed by atoms with Crippen molar-refractivity contribution in [1.82, 2.24) is 10.9 Å². The Morgan fingerprint density at radius 2 is 1.76 bits per heavy atom. The van der Waals surface area contributed by atoms with Crippen molar-refractivity contribution in [2.24, 2.45) is 5.73 Å². The number of nitrogens with two attached hydrogens (primary N) is 1. The zero-order valence-corrected chi connectivity index (χ0v) is 10.8. The second-order valence-electron chi connectivity index (χ2n) is 2.79. The molecule has 94 valence electrons. The maximum Gasteiger partial charge on any atom is 0.212 e. The highest BCUT2D eigenvalue weighted by Crippen LogP contribution is 2.24. The third kappa shape index (κ3) is 5.48. The van der Waals surface area contributed by atoms with Crippen LogP contribution in [0.5, 0.6) is 0 Å². The highest BCUT2D eigenvalue weighted by atomic mass is 35.5. The monoisotopic (exact) mass is 296 g/mol. The Morgan fingerprint density at radius 3 is 2.29 bits per heavy atom. The number of guanidine groups is 2. The molecule has 1 rings (SSSR count). The molecule has 0 amide bonds. The van der Waals surface area contributed by atoms with Crippen LogP contribution in [0.3, 0.4) is 0 Å². The molecular weight excluding hydrogens is 286 g/mol. The maximum atomic E-state index is 7.43. The predicted octanol–water partition coefficient (Wildman–Crippen LogP) is 1.75. The Morgan fingerprint density at radius 1 is 1.12 bits per heavy atom. The zero-order valence-electron chi connectivity index (χ0n) is 8.47. The van der Waals surface area contributed by atoms with E-state index >= 15 is 0 Å². The van der Waals surface area contributed by atoms with E-state index in [0.29, 0.717) is 15.7 Å². The Bertz CT molecular complexity index is 422. The van der Waals surface area contributed by atoms with Crippen molar-refractivity contribution < 1.29 is 0 Å². The molecule has 17 heavy (non-hydrogen) atoms. The van der Waals surface area contributed by atoms with Crippen molar-refractivity contribution >= 4 is 53.2 Å². The molecule has 0 spiro atoms. The molecule has 0 saturated heterocycles. The van der Waals surface area contributed by atoms with Crippen LogP contribution in [0.25, 0.3) is 0 Å². The van der Waals surface area contributed by atoms with Crippen LogP contribution in [-0.4, -0.2) is 11.9 Å². The lowest BCUT2D eigenvalue weighted by atomic mass is 10.3. The molecular formula is C8H11Cl3N6. The molecule has 9 heteroatoms. The van der Waals surface area contributed by atoms with Gasteiger partial charge in [-0.15, -0.1) is 12.4 Å². The topological polar surface area (TPSA) is 110 Å². The van der Waals surface area contributed by atoms with Crippen molar-refractivity contribution in [1.29, 1.82) is 10.8 Å². The van der Waals surface area contributed by atoms with Gasteiger partial charge in [-0.3, -0.25) is 21.7 Å². The number of halogens is 3. The first-order chi connectivity index (χ1) is 7.49. The Labute approximate surface area is 114 Å². The van der Waals surface area contributed by atoms with E-state index in [1.54, 1.807) is 18.2 Å². The summed E-state index contributed by atoms with van der Waals surface area (Å²) in [5, 5.41) is 17.8. The average Bonchev–Trinajstić information content (AvgIpc) is 2.21. The van der Waals surface area contributed by atoms with Crippen LogP contribution in [0.15, 0.2) is 18.2 Å². The molecule has 0 aliphatic heterocycles. The predicted molar refractivity (Wildman–Crippen MR) is 73.2 cm³/mol. The summed E-state index contributed by atoms with van der Waals surface area (Å²) in [6.07, 6.45) is 0. The first kappa shape index (κ1) is 15.6. The lowest BCUT2D eigenvalue weighted by Crippen LogP contribution is -2.47. The lowest BCUT2D eigenvalue weighted by Gasteiger charge is -2.11. The van der Waals surface area contributed by atoms with Crippen LogP contribution in [0, 0.1) is 10.8 Å². The van der Waals surface area contributed by atoms with Crippen molar-refractivity contribution in [3.8, 4) is 0 Å². The van der Waals surface area contributed by atoms with Crippen LogP contribution in [-0.2, 0) is 0 Å². The summed E-state index contributed by atoms with van der Waals surface area (Å²) in [6.45, 7) is 0. The Hall–Kier alpha value is -1.37. The van der Waals surface area contributed by atoms with Crippen molar-refractivity contribution in [3.05, 3.63) is 28.2 Å². The second-order valence-corrected chi connectivity index (χ2v) is 3.61. The molecule has 0 aliphatic carbocycles. The molecule has 0 saturated carbocycles. The quantitative estimate of drug-likeness (QED) is 0.269. The number of anilines is 1. The van der Waals surface area contributed by atoms with Crippen molar-refractivity contribution in [3.63, 3.8) is 0 Å². The second kappa shape index (κ2) is 7.05. The molecule has 6 nitrogen and oxygen atoms in total. The van der Waals surface area contributed by atoms with E-state index in [1.807, 2.05) is 0 Å². The molecule has 0 bridgehead atoms. The van der Waals surface area contributed by atoms with Gasteiger partial charge in [-0.1, -0.05) is 23.2 Å². The first-order valence-electron chi connectivity index (χ1n) is 4.15. The van der Waals surface area contributed by atoms with Crippen LogP contribution in [0.4, 0.5) is 5.69 Å². The van der Waals surface area contributed by atoms with Gasteiger partial charge in [-0.2, -0.15) is 0 Å². The number of rotatable bonds is 1. The van der Waals surface area contributed by atoms with Gasteiger partial charge in [0.05, 0.1) is 10.0 Å². The summed E-state index contributed by atoms with van der Waals surface area (Å²) in [4.78, 5) is 0. The molecule has 0 atom stereocenters. The van der Waals surface area contributed by atoms with E-state index in [-0.39, 0.29) is 24.3 Å². The fourth-order valence-electron chi connectivity index (χ4n) is 0.879. The van der Waals surface area contributed by atoms with Crippen LogP contribution in [0.1, 0.15) is 0 Å². The molecule has 0 radical (unpaired) electrons. The molecule has 1 aromatic carbocycles. The van der Waals surface area contributed by atoms with Gasteiger partial charge in [-0.05, 0) is 18.2 Å². The SMILES string of the molecule is Cl.N=C(N)NNC(=N)Nc1ccc(Cl)c(Cl)c1. The minimum absolute atomic E-state index is 0. The smallest absolute Gasteiger partial charge is 0.212 e. The molecule has 0 fully saturated rings. The highest BCUT2D eigenvalue weighted by Gasteiger charge is 2.01. The minimum Gasteiger partial charge on any atom is -0.369 e. The average molecular weight is 298 g/mol. The Kier molecular flexibility index (Phi) is 6.48. The van der Waals surface area contributed by atoms with Crippen LogP contribution < -0.4 is 21.9 Å². The summed E-state index contributed by atoms with van der Waals surface area (Å²) in [7, 11) is 0. The van der Waals surface area contributed by atoms with Crippen molar-refractivity contribution in [2.45, 2.75) is 0 Å². The van der Waals surface area contributed by atoms with Gasteiger partial charge >= 0.3 is 0 Å². The molecule has 0 heterocycles. The van der Waals surface area contributed by atoms with Crippen LogP contribution >= 0.6 is 35.6 Å². The molecule has 7 N–H and O–H groups in total. The highest BCUT2D eigenvalue weighted by molar-refractivity contribution is 6.42. The molecule has 0 unspecified atom stereocenters. The first-order valence-corrected chi connectivity index (χ1v) is 4.91. The molecule has 0 aromatic heterocycles. The normalized spacial score (nSPS) is 8.82. The number of benzene rings is 1. The number of hydrogen-bond acceptors (Lipinski definition) is 2. The van der Waals surface area contributed by atoms with E-state index < -0.39 is 0 Å². The van der Waals surface area contributed by atoms with E-state index in [9.17, 15) is 0 Å². The lowest BCUT2D eigenvalue weighted by molar-refractivity contribution is 0.839. The van der Waals surface area contributed by atoms with E-state index in [2.05, 4.69) is 16.2 Å². The zero-order chi connectivity index (χ0) is 12.1. The number of nitrogens with one attached hydrogen (secondary N) is 5. The van der Waals surface area contributed by atoms with Crippen molar-refractivity contribution in [2.75, 3.05) is 5.32 Å². The Balaban J connectivity index is 0.00000256. The molecule has 0 aliphatic rings. The summed E-state index contributed by atoms with van der Waals surface area (Å²) in [5.41, 5.74) is 10.2. The van der Waals surface area contributed by atoms with Gasteiger partial charge < -0.3 is 11.1 Å². The van der Waals surface area contributed by atoms with Crippen LogP contribution in [0.2, 0.25) is 10.0 Å². The number of hydrogen-bond donors (Lipinski definition) is 6. The van der Waals surface area contributed by atoms with E-state index in [0.717, 1.165) is 0 Å². The summed E-state index contributed by atoms with van der Waals surface area (Å²) in [6, 6.07) is 4.85. The summed E-state index contributed by atoms with van der Waals surface area (Å²) in [5.74, 6) is -0.366. The fourth-order valence-corrected chi connectivity index (χ4v) is 1.18. The van der Waals surface area contributed by atoms with Gasteiger partial charge in [-0.25, -0.2) is 0 Å². The van der Waals surface area contributed by atoms with Gasteiger partial charge in [0.25, 0.3) is 0 Å². The van der Waals surface area contributed by atoms with Gasteiger partial charge in [0, 0.05) is 5.69 Å². The summed E-state index contributed by atoms with van der Waals surface area (Å²) >= 11 is 11.5. The van der Waals surface area contributed by atoms with Gasteiger partial charge in [0.15, 0.2) is 0 Å².